The first-order valence-corrected chi connectivity index (χ1v) is 6.79. The average Bonchev–Trinajstić information content (AvgIpc) is 2.46. The third-order valence-corrected chi connectivity index (χ3v) is 3.50. The minimum Gasteiger partial charge on any atom is -0.497 e. The largest absolute Gasteiger partial charge is 0.497 e. The Kier molecular flexibility index (Phi) is 4.29. The lowest BCUT2D eigenvalue weighted by atomic mass is 10.1. The lowest BCUT2D eigenvalue weighted by Gasteiger charge is -2.18. The standard InChI is InChI=1S/C15H15BrN2O2/c1-18(11-4-6-12(20-2)7-5-11)15(19)13-8-3-10(16)9-14(13)17/h3-9H,17H2,1-2H3. The number of anilines is 2. The molecule has 104 valence electrons. The first-order valence-electron chi connectivity index (χ1n) is 6.00. The topological polar surface area (TPSA) is 55.6 Å². The molecule has 0 saturated carbocycles. The number of hydrogen-bond donors (Lipinski definition) is 1. The van der Waals surface area contributed by atoms with Gasteiger partial charge in [0.25, 0.3) is 5.91 Å². The minimum absolute atomic E-state index is 0.153. The van der Waals surface area contributed by atoms with Crippen molar-refractivity contribution >= 4 is 33.2 Å². The zero-order valence-electron chi connectivity index (χ0n) is 11.3. The van der Waals surface area contributed by atoms with Gasteiger partial charge in [0.1, 0.15) is 5.75 Å². The van der Waals surface area contributed by atoms with Crippen LogP contribution >= 0.6 is 15.9 Å². The van der Waals surface area contributed by atoms with E-state index in [9.17, 15) is 4.79 Å². The lowest BCUT2D eigenvalue weighted by Crippen LogP contribution is -2.26. The van der Waals surface area contributed by atoms with E-state index in [2.05, 4.69) is 15.9 Å². The molecule has 0 aliphatic heterocycles. The van der Waals surface area contributed by atoms with Gasteiger partial charge in [0.05, 0.1) is 12.7 Å². The van der Waals surface area contributed by atoms with Gasteiger partial charge in [-0.25, -0.2) is 0 Å². The summed E-state index contributed by atoms with van der Waals surface area (Å²) in [6.45, 7) is 0. The fourth-order valence-corrected chi connectivity index (χ4v) is 2.21. The summed E-state index contributed by atoms with van der Waals surface area (Å²) in [5, 5.41) is 0. The Balaban J connectivity index is 2.27. The molecule has 20 heavy (non-hydrogen) atoms. The van der Waals surface area contributed by atoms with Crippen molar-refractivity contribution in [2.45, 2.75) is 0 Å². The highest BCUT2D eigenvalue weighted by Crippen LogP contribution is 2.23. The zero-order chi connectivity index (χ0) is 14.7. The first kappa shape index (κ1) is 14.4. The number of halogens is 1. The molecular weight excluding hydrogens is 320 g/mol. The molecule has 0 bridgehead atoms. The number of nitrogens with zero attached hydrogens (tertiary/aromatic N) is 1. The smallest absolute Gasteiger partial charge is 0.260 e. The molecule has 0 aromatic heterocycles. The van der Waals surface area contributed by atoms with Crippen LogP contribution in [0.5, 0.6) is 5.75 Å². The molecule has 0 aliphatic rings. The van der Waals surface area contributed by atoms with E-state index >= 15 is 0 Å². The molecule has 0 unspecified atom stereocenters. The number of ether oxygens (including phenoxy) is 1. The van der Waals surface area contributed by atoms with Gasteiger partial charge in [-0.3, -0.25) is 4.79 Å². The van der Waals surface area contributed by atoms with E-state index in [1.165, 1.54) is 0 Å². The van der Waals surface area contributed by atoms with Crippen molar-refractivity contribution in [1.82, 2.24) is 0 Å². The molecule has 0 heterocycles. The molecule has 2 N–H and O–H groups in total. The number of methoxy groups -OCH3 is 1. The molecule has 0 saturated heterocycles. The second-order valence-corrected chi connectivity index (χ2v) is 5.21. The highest BCUT2D eigenvalue weighted by atomic mass is 79.9. The third-order valence-electron chi connectivity index (χ3n) is 3.01. The molecule has 2 aromatic carbocycles. The van der Waals surface area contributed by atoms with Crippen molar-refractivity contribution in [1.29, 1.82) is 0 Å². The number of nitrogens with two attached hydrogens (primary N) is 1. The zero-order valence-corrected chi connectivity index (χ0v) is 12.8. The Morgan fingerprint density at radius 1 is 1.20 bits per heavy atom. The van der Waals surface area contributed by atoms with Crippen LogP contribution in [0.15, 0.2) is 46.9 Å². The van der Waals surface area contributed by atoms with Gasteiger partial charge in [-0.05, 0) is 42.5 Å². The normalized spacial score (nSPS) is 10.2. The first-order chi connectivity index (χ1) is 9.52. The summed E-state index contributed by atoms with van der Waals surface area (Å²) in [5.74, 6) is 0.595. The molecule has 0 spiro atoms. The Labute approximate surface area is 126 Å². The molecule has 5 heteroatoms. The maximum absolute atomic E-state index is 12.4. The summed E-state index contributed by atoms with van der Waals surface area (Å²) < 4.78 is 5.94. The van der Waals surface area contributed by atoms with Crippen LogP contribution in [0.2, 0.25) is 0 Å². The second-order valence-electron chi connectivity index (χ2n) is 4.29. The van der Waals surface area contributed by atoms with E-state index in [1.54, 1.807) is 37.3 Å². The van der Waals surface area contributed by atoms with Crippen molar-refractivity contribution in [2.75, 3.05) is 24.8 Å². The predicted octanol–water partition coefficient (Wildman–Crippen LogP) is 3.32. The number of benzene rings is 2. The molecule has 4 nitrogen and oxygen atoms in total. The number of rotatable bonds is 3. The highest BCUT2D eigenvalue weighted by Gasteiger charge is 2.16. The van der Waals surface area contributed by atoms with Gasteiger partial charge < -0.3 is 15.4 Å². The maximum Gasteiger partial charge on any atom is 0.260 e. The van der Waals surface area contributed by atoms with Crippen molar-refractivity contribution in [3.8, 4) is 5.75 Å². The van der Waals surface area contributed by atoms with Crippen LogP contribution in [0.3, 0.4) is 0 Å². The van der Waals surface area contributed by atoms with Crippen LogP contribution < -0.4 is 15.4 Å². The molecule has 0 fully saturated rings. The fourth-order valence-electron chi connectivity index (χ4n) is 1.83. The van der Waals surface area contributed by atoms with Crippen LogP contribution in [-0.4, -0.2) is 20.1 Å². The number of carbonyl (C=O) groups is 1. The van der Waals surface area contributed by atoms with Crippen molar-refractivity contribution in [3.63, 3.8) is 0 Å². The van der Waals surface area contributed by atoms with Crippen LogP contribution in [-0.2, 0) is 0 Å². The molecule has 0 radical (unpaired) electrons. The molecule has 2 rings (SSSR count). The average molecular weight is 335 g/mol. The number of amides is 1. The monoisotopic (exact) mass is 334 g/mol. The summed E-state index contributed by atoms with van der Waals surface area (Å²) in [6.07, 6.45) is 0. The highest BCUT2D eigenvalue weighted by molar-refractivity contribution is 9.10. The minimum atomic E-state index is -0.153. The number of carbonyl (C=O) groups excluding carboxylic acids is 1. The molecule has 0 aliphatic carbocycles. The van der Waals surface area contributed by atoms with Gasteiger partial charge in [-0.1, -0.05) is 15.9 Å². The predicted molar refractivity (Wildman–Crippen MR) is 84.3 cm³/mol. The van der Waals surface area contributed by atoms with Gasteiger partial charge in [0.15, 0.2) is 0 Å². The number of hydrogen-bond acceptors (Lipinski definition) is 3. The molecule has 2 aromatic rings. The summed E-state index contributed by atoms with van der Waals surface area (Å²) >= 11 is 3.32. The Morgan fingerprint density at radius 2 is 1.85 bits per heavy atom. The van der Waals surface area contributed by atoms with E-state index < -0.39 is 0 Å². The Hall–Kier alpha value is -2.01. The fraction of sp³-hybridized carbons (Fsp3) is 0.133. The van der Waals surface area contributed by atoms with Gasteiger partial charge >= 0.3 is 0 Å². The van der Waals surface area contributed by atoms with Crippen LogP contribution in [0.1, 0.15) is 10.4 Å². The maximum atomic E-state index is 12.4. The van der Waals surface area contributed by atoms with Gasteiger partial charge in [-0.15, -0.1) is 0 Å². The van der Waals surface area contributed by atoms with Gasteiger partial charge in [0, 0.05) is 22.9 Å². The molecule has 0 atom stereocenters. The SMILES string of the molecule is COc1ccc(N(C)C(=O)c2ccc(Br)cc2N)cc1. The lowest BCUT2D eigenvalue weighted by molar-refractivity contribution is 0.0994. The quantitative estimate of drug-likeness (QED) is 0.876. The van der Waals surface area contributed by atoms with E-state index in [4.69, 9.17) is 10.5 Å². The number of nitrogen functional groups attached to an aromatic ring is 1. The summed E-state index contributed by atoms with van der Waals surface area (Å²) in [4.78, 5) is 14.0. The van der Waals surface area contributed by atoms with E-state index in [1.807, 2.05) is 24.3 Å². The Bertz CT molecular complexity index is 626. The van der Waals surface area contributed by atoms with Crippen molar-refractivity contribution < 1.29 is 9.53 Å². The Morgan fingerprint density at radius 3 is 2.40 bits per heavy atom. The summed E-state index contributed by atoms with van der Waals surface area (Å²) in [5.41, 5.74) is 7.59. The second kappa shape index (κ2) is 5.96. The van der Waals surface area contributed by atoms with Crippen LogP contribution in [0, 0.1) is 0 Å². The van der Waals surface area contributed by atoms with E-state index in [0.717, 1.165) is 15.9 Å². The van der Waals surface area contributed by atoms with E-state index in [0.29, 0.717) is 11.3 Å². The van der Waals surface area contributed by atoms with E-state index in [-0.39, 0.29) is 5.91 Å². The van der Waals surface area contributed by atoms with Gasteiger partial charge in [0.2, 0.25) is 0 Å². The van der Waals surface area contributed by atoms with Crippen LogP contribution in [0.25, 0.3) is 0 Å². The molecular formula is C15H15BrN2O2. The van der Waals surface area contributed by atoms with Crippen molar-refractivity contribution in [2.24, 2.45) is 0 Å². The summed E-state index contributed by atoms with van der Waals surface area (Å²) in [7, 11) is 3.32. The van der Waals surface area contributed by atoms with Crippen LogP contribution in [0.4, 0.5) is 11.4 Å². The van der Waals surface area contributed by atoms with Gasteiger partial charge in [-0.2, -0.15) is 0 Å². The third kappa shape index (κ3) is 2.93. The molecule has 1 amide bonds. The summed E-state index contributed by atoms with van der Waals surface area (Å²) in [6, 6.07) is 12.5. The van der Waals surface area contributed by atoms with Crippen molar-refractivity contribution in [3.05, 3.63) is 52.5 Å².